The first-order valence-electron chi connectivity index (χ1n) is 8.02. The Balaban J connectivity index is 1.70. The van der Waals surface area contributed by atoms with Crippen LogP contribution in [0.25, 0.3) is 11.3 Å². The molecule has 1 N–H and O–H groups in total. The number of rotatable bonds is 6. The molecule has 7 heteroatoms. The maximum absolute atomic E-state index is 13.7. The number of carbonyl (C=O) groups is 1. The lowest BCUT2D eigenvalue weighted by Gasteiger charge is -2.05. The van der Waals surface area contributed by atoms with Gasteiger partial charge in [0.15, 0.2) is 5.13 Å². The van der Waals surface area contributed by atoms with Crippen LogP contribution in [-0.4, -0.2) is 17.5 Å². The largest absolute Gasteiger partial charge is 0.494 e. The Morgan fingerprint density at radius 1 is 1.19 bits per heavy atom. The second-order valence-corrected chi connectivity index (χ2v) is 6.35. The third kappa shape index (κ3) is 4.23. The minimum Gasteiger partial charge on any atom is -0.494 e. The molecule has 26 heavy (non-hydrogen) atoms. The summed E-state index contributed by atoms with van der Waals surface area (Å²) >= 11 is 1.22. The van der Waals surface area contributed by atoms with E-state index in [9.17, 15) is 13.6 Å². The Kier molecular flexibility index (Phi) is 5.58. The molecule has 0 fully saturated rings. The first kappa shape index (κ1) is 18.0. The van der Waals surface area contributed by atoms with Gasteiger partial charge in [-0.25, -0.2) is 13.8 Å². The molecule has 134 valence electrons. The van der Waals surface area contributed by atoms with Crippen LogP contribution in [0, 0.1) is 11.6 Å². The molecule has 1 heterocycles. The predicted molar refractivity (Wildman–Crippen MR) is 97.6 cm³/mol. The van der Waals surface area contributed by atoms with Gasteiger partial charge < -0.3 is 4.74 Å². The van der Waals surface area contributed by atoms with Gasteiger partial charge in [-0.2, -0.15) is 0 Å². The van der Waals surface area contributed by atoms with Crippen LogP contribution in [0.15, 0.2) is 47.8 Å². The Morgan fingerprint density at radius 3 is 2.65 bits per heavy atom. The third-order valence-corrected chi connectivity index (χ3v) is 4.28. The fourth-order valence-corrected chi connectivity index (χ4v) is 2.96. The lowest BCUT2D eigenvalue weighted by Crippen LogP contribution is -2.13. The smallest absolute Gasteiger partial charge is 0.260 e. The molecule has 0 saturated heterocycles. The number of ether oxygens (including phenoxy) is 1. The molecule has 2 aromatic carbocycles. The molecule has 0 spiro atoms. The van der Waals surface area contributed by atoms with Crippen LogP contribution in [0.2, 0.25) is 0 Å². The van der Waals surface area contributed by atoms with Crippen LogP contribution >= 0.6 is 11.3 Å². The minimum atomic E-state index is -0.915. The summed E-state index contributed by atoms with van der Waals surface area (Å²) in [5.41, 5.74) is 1.33. The summed E-state index contributed by atoms with van der Waals surface area (Å²) in [6.45, 7) is 2.70. The molecular weight excluding hydrogens is 358 g/mol. The van der Waals surface area contributed by atoms with Crippen molar-refractivity contribution in [1.29, 1.82) is 0 Å². The fraction of sp³-hybridized carbons (Fsp3) is 0.158. The van der Waals surface area contributed by atoms with Crippen molar-refractivity contribution in [3.8, 4) is 17.0 Å². The molecule has 0 atom stereocenters. The van der Waals surface area contributed by atoms with E-state index in [2.05, 4.69) is 10.3 Å². The van der Waals surface area contributed by atoms with Gasteiger partial charge in [-0.05, 0) is 42.8 Å². The summed E-state index contributed by atoms with van der Waals surface area (Å²) in [5, 5.41) is 4.65. The average Bonchev–Trinajstić information content (AvgIpc) is 3.08. The number of carbonyl (C=O) groups excluding carboxylic acids is 1. The van der Waals surface area contributed by atoms with Crippen LogP contribution in [0.4, 0.5) is 13.9 Å². The topological polar surface area (TPSA) is 51.2 Å². The Bertz CT molecular complexity index is 910. The summed E-state index contributed by atoms with van der Waals surface area (Å²) in [7, 11) is 0. The van der Waals surface area contributed by atoms with Crippen LogP contribution < -0.4 is 10.1 Å². The zero-order valence-corrected chi connectivity index (χ0v) is 14.8. The quantitative estimate of drug-likeness (QED) is 0.651. The van der Waals surface area contributed by atoms with E-state index in [1.54, 1.807) is 5.38 Å². The number of benzene rings is 2. The summed E-state index contributed by atoms with van der Waals surface area (Å²) in [6, 6.07) is 10.3. The van der Waals surface area contributed by atoms with E-state index < -0.39 is 17.5 Å². The molecule has 0 unspecified atom stereocenters. The molecule has 3 aromatic rings. The number of hydrogen-bond acceptors (Lipinski definition) is 4. The number of anilines is 1. The number of nitrogens with one attached hydrogen (secondary N) is 1. The second-order valence-electron chi connectivity index (χ2n) is 5.49. The molecule has 0 aliphatic carbocycles. The van der Waals surface area contributed by atoms with E-state index in [0.717, 1.165) is 29.9 Å². The van der Waals surface area contributed by atoms with Gasteiger partial charge in [-0.1, -0.05) is 6.92 Å². The molecule has 0 aliphatic rings. The number of amides is 1. The lowest BCUT2D eigenvalue weighted by atomic mass is 10.2. The molecule has 0 bridgehead atoms. The number of nitrogens with zero attached hydrogens (tertiary/aromatic N) is 1. The van der Waals surface area contributed by atoms with E-state index in [-0.39, 0.29) is 5.56 Å². The highest BCUT2D eigenvalue weighted by molar-refractivity contribution is 7.14. The van der Waals surface area contributed by atoms with Crippen molar-refractivity contribution in [1.82, 2.24) is 4.98 Å². The average molecular weight is 374 g/mol. The van der Waals surface area contributed by atoms with Gasteiger partial charge in [0.1, 0.15) is 17.4 Å². The number of hydrogen-bond donors (Lipinski definition) is 1. The zero-order valence-electron chi connectivity index (χ0n) is 14.0. The lowest BCUT2D eigenvalue weighted by molar-refractivity contribution is 0.102. The highest BCUT2D eigenvalue weighted by Gasteiger charge is 2.14. The van der Waals surface area contributed by atoms with E-state index in [1.165, 1.54) is 11.3 Å². The van der Waals surface area contributed by atoms with Crippen molar-refractivity contribution in [2.75, 3.05) is 11.9 Å². The third-order valence-electron chi connectivity index (χ3n) is 3.52. The highest BCUT2D eigenvalue weighted by Crippen LogP contribution is 2.27. The van der Waals surface area contributed by atoms with Crippen LogP contribution in [0.3, 0.4) is 0 Å². The Morgan fingerprint density at radius 2 is 1.96 bits per heavy atom. The summed E-state index contributed by atoms with van der Waals surface area (Å²) in [4.78, 5) is 16.4. The van der Waals surface area contributed by atoms with Crippen molar-refractivity contribution in [3.63, 3.8) is 0 Å². The summed E-state index contributed by atoms with van der Waals surface area (Å²) in [5.74, 6) is -1.54. The molecule has 4 nitrogen and oxygen atoms in total. The number of aromatic nitrogens is 1. The van der Waals surface area contributed by atoms with Crippen molar-refractivity contribution >= 4 is 22.4 Å². The van der Waals surface area contributed by atoms with Crippen LogP contribution in [0.1, 0.15) is 23.7 Å². The Hall–Kier alpha value is -2.80. The van der Waals surface area contributed by atoms with Crippen LogP contribution in [-0.2, 0) is 0 Å². The van der Waals surface area contributed by atoms with Gasteiger partial charge >= 0.3 is 0 Å². The van der Waals surface area contributed by atoms with Gasteiger partial charge in [0.05, 0.1) is 17.9 Å². The molecule has 0 radical (unpaired) electrons. The van der Waals surface area contributed by atoms with Crippen molar-refractivity contribution in [2.24, 2.45) is 0 Å². The number of halogens is 2. The van der Waals surface area contributed by atoms with Gasteiger partial charge in [0.25, 0.3) is 5.91 Å². The minimum absolute atomic E-state index is 0.236. The van der Waals surface area contributed by atoms with E-state index in [4.69, 9.17) is 4.74 Å². The van der Waals surface area contributed by atoms with E-state index >= 15 is 0 Å². The summed E-state index contributed by atoms with van der Waals surface area (Å²) < 4.78 is 32.1. The number of thiazole rings is 1. The van der Waals surface area contributed by atoms with Crippen molar-refractivity contribution in [3.05, 3.63) is 65.0 Å². The first-order chi connectivity index (χ1) is 12.6. The summed E-state index contributed by atoms with van der Waals surface area (Å²) in [6.07, 6.45) is 0.936. The molecule has 3 rings (SSSR count). The van der Waals surface area contributed by atoms with Crippen molar-refractivity contribution in [2.45, 2.75) is 13.3 Å². The molecule has 1 amide bonds. The standard InChI is InChI=1S/C19H16F2N2O2S/c1-2-9-25-14-6-3-12(4-7-14)17-11-26-19(22-17)23-18(24)15-8-5-13(20)10-16(15)21/h3-8,10-11H,2,9H2,1H3,(H,22,23,24). The predicted octanol–water partition coefficient (Wildman–Crippen LogP) is 5.13. The monoisotopic (exact) mass is 374 g/mol. The van der Waals surface area contributed by atoms with E-state index in [1.807, 2.05) is 31.2 Å². The fourth-order valence-electron chi connectivity index (χ4n) is 2.24. The first-order valence-corrected chi connectivity index (χ1v) is 8.90. The molecule has 1 aromatic heterocycles. The van der Waals surface area contributed by atoms with E-state index in [0.29, 0.717) is 23.5 Å². The second kappa shape index (κ2) is 8.05. The van der Waals surface area contributed by atoms with Gasteiger partial charge in [-0.3, -0.25) is 10.1 Å². The van der Waals surface area contributed by atoms with Gasteiger partial charge in [0.2, 0.25) is 0 Å². The Labute approximate surface area is 153 Å². The van der Waals surface area contributed by atoms with Crippen molar-refractivity contribution < 1.29 is 18.3 Å². The van der Waals surface area contributed by atoms with Crippen LogP contribution in [0.5, 0.6) is 5.75 Å². The molecule has 0 saturated carbocycles. The SMILES string of the molecule is CCCOc1ccc(-c2csc(NC(=O)c3ccc(F)cc3F)n2)cc1. The van der Waals surface area contributed by atoms with Gasteiger partial charge in [0, 0.05) is 17.0 Å². The highest BCUT2D eigenvalue weighted by atomic mass is 32.1. The normalized spacial score (nSPS) is 10.6. The van der Waals surface area contributed by atoms with Gasteiger partial charge in [-0.15, -0.1) is 11.3 Å². The zero-order chi connectivity index (χ0) is 18.5. The molecular formula is C19H16F2N2O2S. The maximum atomic E-state index is 13.7. The maximum Gasteiger partial charge on any atom is 0.260 e. The molecule has 0 aliphatic heterocycles.